The third-order valence-corrected chi connectivity index (χ3v) is 3.74. The predicted octanol–water partition coefficient (Wildman–Crippen LogP) is 2.83. The molecule has 4 nitrogen and oxygen atoms in total. The van der Waals surface area contributed by atoms with E-state index >= 15 is 0 Å². The Labute approximate surface area is 123 Å². The zero-order valence-corrected chi connectivity index (χ0v) is 12.7. The number of benzene rings is 1. The maximum atomic E-state index is 11.7. The van der Waals surface area contributed by atoms with Crippen molar-refractivity contribution in [3.8, 4) is 0 Å². The second kappa shape index (κ2) is 5.56. The highest BCUT2D eigenvalue weighted by molar-refractivity contribution is 5.87. The number of hydrogen-bond acceptors (Lipinski definition) is 2. The van der Waals surface area contributed by atoms with Crippen LogP contribution in [0.1, 0.15) is 38.3 Å². The summed E-state index contributed by atoms with van der Waals surface area (Å²) in [6.45, 7) is 8.52. The average Bonchev–Trinajstić information content (AvgIpc) is 2.35. The molecule has 0 spiro atoms. The lowest BCUT2D eigenvalue weighted by Crippen LogP contribution is -2.19. The zero-order chi connectivity index (χ0) is 15.7. The molecule has 2 aromatic rings. The monoisotopic (exact) mass is 285 g/mol. The first-order valence-electron chi connectivity index (χ1n) is 6.80. The Morgan fingerprint density at radius 1 is 1.10 bits per heavy atom. The van der Waals surface area contributed by atoms with Crippen LogP contribution in [-0.4, -0.2) is 15.6 Å². The van der Waals surface area contributed by atoms with E-state index in [4.69, 9.17) is 5.11 Å². The van der Waals surface area contributed by atoms with Gasteiger partial charge in [0.1, 0.15) is 5.56 Å². The quantitative estimate of drug-likeness (QED) is 0.943. The van der Waals surface area contributed by atoms with Crippen LogP contribution in [0.15, 0.2) is 29.2 Å². The van der Waals surface area contributed by atoms with Crippen LogP contribution in [0.4, 0.5) is 0 Å². The lowest BCUT2D eigenvalue weighted by atomic mass is 9.99. The van der Waals surface area contributed by atoms with Gasteiger partial charge >= 0.3 is 5.97 Å². The lowest BCUT2D eigenvalue weighted by Gasteiger charge is -2.16. The smallest absolute Gasteiger partial charge is 0.341 e. The van der Waals surface area contributed by atoms with Gasteiger partial charge in [-0.25, -0.2) is 4.79 Å². The van der Waals surface area contributed by atoms with Crippen molar-refractivity contribution in [1.29, 1.82) is 0 Å². The molecule has 1 aromatic heterocycles. The number of nitrogens with zero attached hydrogens (tertiary/aromatic N) is 1. The van der Waals surface area contributed by atoms with E-state index in [2.05, 4.69) is 19.1 Å². The molecule has 0 bridgehead atoms. The van der Waals surface area contributed by atoms with Crippen LogP contribution >= 0.6 is 0 Å². The molecule has 110 valence electrons. The second-order valence-electron chi connectivity index (χ2n) is 5.50. The van der Waals surface area contributed by atoms with Crippen LogP contribution in [-0.2, 0) is 6.54 Å². The van der Waals surface area contributed by atoms with Crippen LogP contribution in [0.5, 0.6) is 0 Å². The average molecular weight is 285 g/mol. The largest absolute Gasteiger partial charge is 0.477 e. The third kappa shape index (κ3) is 3.05. The molecule has 0 aliphatic rings. The topological polar surface area (TPSA) is 59.3 Å². The van der Waals surface area contributed by atoms with Crippen LogP contribution < -0.4 is 5.43 Å². The summed E-state index contributed by atoms with van der Waals surface area (Å²) in [4.78, 5) is 22.8. The third-order valence-electron chi connectivity index (χ3n) is 3.74. The minimum atomic E-state index is -1.19. The molecule has 21 heavy (non-hydrogen) atoms. The summed E-state index contributed by atoms with van der Waals surface area (Å²) < 4.78 is 1.82. The number of aryl methyl sites for hydroxylation is 4. The highest BCUT2D eigenvalue weighted by Crippen LogP contribution is 2.18. The van der Waals surface area contributed by atoms with Gasteiger partial charge in [0.25, 0.3) is 0 Å². The summed E-state index contributed by atoms with van der Waals surface area (Å²) in [5.74, 6) is -1.19. The lowest BCUT2D eigenvalue weighted by molar-refractivity contribution is 0.0694. The van der Waals surface area contributed by atoms with Gasteiger partial charge in [-0.3, -0.25) is 4.79 Å². The molecule has 1 N–H and O–H groups in total. The molecule has 0 aliphatic heterocycles. The molecule has 1 heterocycles. The number of aromatic carboxylic acids is 1. The minimum Gasteiger partial charge on any atom is -0.477 e. The van der Waals surface area contributed by atoms with Gasteiger partial charge in [0.15, 0.2) is 5.43 Å². The van der Waals surface area contributed by atoms with Crippen molar-refractivity contribution in [1.82, 2.24) is 4.57 Å². The first kappa shape index (κ1) is 15.0. The Bertz CT molecular complexity index is 749. The fourth-order valence-corrected chi connectivity index (χ4v) is 2.63. The standard InChI is InChI=1S/C17H19NO3/c1-10-5-11(2)14(12(3)6-10)8-18-9-15(17(20)21)16(19)7-13(18)4/h5-7,9H,8H2,1-4H3,(H,20,21). The number of rotatable bonds is 3. The van der Waals surface area contributed by atoms with E-state index in [0.29, 0.717) is 6.54 Å². The Kier molecular flexibility index (Phi) is 3.98. The molecule has 0 radical (unpaired) electrons. The molecular formula is C17H19NO3. The summed E-state index contributed by atoms with van der Waals surface area (Å²) in [6, 6.07) is 5.60. The van der Waals surface area contributed by atoms with Crippen LogP contribution in [0.25, 0.3) is 0 Å². The molecule has 0 unspecified atom stereocenters. The Balaban J connectivity index is 2.52. The van der Waals surface area contributed by atoms with Crippen molar-refractivity contribution in [2.75, 3.05) is 0 Å². The first-order valence-corrected chi connectivity index (χ1v) is 6.80. The first-order chi connectivity index (χ1) is 9.79. The molecule has 0 atom stereocenters. The van der Waals surface area contributed by atoms with Gasteiger partial charge in [-0.05, 0) is 44.4 Å². The molecule has 0 fully saturated rings. The van der Waals surface area contributed by atoms with Crippen LogP contribution in [0, 0.1) is 27.7 Å². The van der Waals surface area contributed by atoms with Gasteiger partial charge in [-0.15, -0.1) is 0 Å². The fraction of sp³-hybridized carbons (Fsp3) is 0.294. The van der Waals surface area contributed by atoms with E-state index in [1.807, 2.05) is 25.3 Å². The summed E-state index contributed by atoms with van der Waals surface area (Å²) >= 11 is 0. The number of aromatic nitrogens is 1. The van der Waals surface area contributed by atoms with E-state index in [9.17, 15) is 9.59 Å². The summed E-state index contributed by atoms with van der Waals surface area (Å²) in [5, 5.41) is 9.08. The molecule has 4 heteroatoms. The molecular weight excluding hydrogens is 266 g/mol. The van der Waals surface area contributed by atoms with Gasteiger partial charge in [-0.2, -0.15) is 0 Å². The van der Waals surface area contributed by atoms with Gasteiger partial charge in [-0.1, -0.05) is 17.7 Å². The highest BCUT2D eigenvalue weighted by atomic mass is 16.4. The number of carboxylic acid groups (broad SMARTS) is 1. The minimum absolute atomic E-state index is 0.192. The van der Waals surface area contributed by atoms with Crippen molar-refractivity contribution >= 4 is 5.97 Å². The SMILES string of the molecule is Cc1cc(C)c(Cn2cc(C(=O)O)c(=O)cc2C)c(C)c1. The normalized spacial score (nSPS) is 10.7. The van der Waals surface area contributed by atoms with Gasteiger partial charge in [0, 0.05) is 24.5 Å². The second-order valence-corrected chi connectivity index (χ2v) is 5.50. The zero-order valence-electron chi connectivity index (χ0n) is 12.7. The molecule has 2 rings (SSSR count). The van der Waals surface area contributed by atoms with E-state index in [1.165, 1.54) is 29.0 Å². The van der Waals surface area contributed by atoms with Crippen molar-refractivity contribution in [3.05, 3.63) is 68.1 Å². The van der Waals surface area contributed by atoms with Crippen molar-refractivity contribution in [2.45, 2.75) is 34.2 Å². The molecule has 0 saturated heterocycles. The van der Waals surface area contributed by atoms with E-state index in [0.717, 1.165) is 11.3 Å². The number of hydrogen-bond donors (Lipinski definition) is 1. The fourth-order valence-electron chi connectivity index (χ4n) is 2.63. The molecule has 0 saturated carbocycles. The van der Waals surface area contributed by atoms with Gasteiger partial charge in [0.05, 0.1) is 0 Å². The van der Waals surface area contributed by atoms with E-state index in [-0.39, 0.29) is 5.56 Å². The van der Waals surface area contributed by atoms with Gasteiger partial charge < -0.3 is 9.67 Å². The summed E-state index contributed by atoms with van der Waals surface area (Å²) in [6.07, 6.45) is 1.43. The summed E-state index contributed by atoms with van der Waals surface area (Å²) in [7, 11) is 0. The van der Waals surface area contributed by atoms with Crippen molar-refractivity contribution in [2.24, 2.45) is 0 Å². The predicted molar refractivity (Wildman–Crippen MR) is 82.2 cm³/mol. The number of carboxylic acids is 1. The highest BCUT2D eigenvalue weighted by Gasteiger charge is 2.12. The van der Waals surface area contributed by atoms with Crippen LogP contribution in [0.3, 0.4) is 0 Å². The summed E-state index contributed by atoms with van der Waals surface area (Å²) in [5.41, 5.74) is 4.81. The van der Waals surface area contributed by atoms with Crippen molar-refractivity contribution < 1.29 is 9.90 Å². The van der Waals surface area contributed by atoms with Crippen molar-refractivity contribution in [3.63, 3.8) is 0 Å². The maximum absolute atomic E-state index is 11.7. The van der Waals surface area contributed by atoms with Gasteiger partial charge in [0.2, 0.25) is 0 Å². The molecule has 0 amide bonds. The Morgan fingerprint density at radius 3 is 2.19 bits per heavy atom. The van der Waals surface area contributed by atoms with E-state index in [1.54, 1.807) is 0 Å². The number of carbonyl (C=O) groups is 1. The molecule has 0 aliphatic carbocycles. The Morgan fingerprint density at radius 2 is 1.67 bits per heavy atom. The van der Waals surface area contributed by atoms with Crippen LogP contribution in [0.2, 0.25) is 0 Å². The molecule has 1 aromatic carbocycles. The van der Waals surface area contributed by atoms with E-state index < -0.39 is 11.4 Å². The Hall–Kier alpha value is -2.36. The number of pyridine rings is 1. The maximum Gasteiger partial charge on any atom is 0.341 e.